The molecule has 1 N–H and O–H groups in total. The molecule has 0 bridgehead atoms. The molecule has 0 aromatic heterocycles. The number of phosphoric ester groups is 1. The van der Waals surface area contributed by atoms with Crippen molar-refractivity contribution >= 4 is 13.8 Å². The molecule has 1 aromatic carbocycles. The Balaban J connectivity index is 2.00. The summed E-state index contributed by atoms with van der Waals surface area (Å²) in [5, 5.41) is 11.2. The largest absolute Gasteiger partial charge is 0.756 e. The smallest absolute Gasteiger partial charge is 0.344 e. The van der Waals surface area contributed by atoms with Gasteiger partial charge in [-0.2, -0.15) is 0 Å². The highest BCUT2D eigenvalue weighted by Crippen LogP contribution is 2.51. The van der Waals surface area contributed by atoms with Gasteiger partial charge in [0.2, 0.25) is 0 Å². The Kier molecular flexibility index (Phi) is 10.2. The number of hydrogen-bond acceptors (Lipinski definition) is 8. The predicted molar refractivity (Wildman–Crippen MR) is 139 cm³/mol. The minimum Gasteiger partial charge on any atom is -0.756 e. The van der Waals surface area contributed by atoms with E-state index >= 15 is 0 Å². The van der Waals surface area contributed by atoms with E-state index in [0.29, 0.717) is 24.8 Å². The first kappa shape index (κ1) is 29.6. The number of phosphoric acid groups is 1. The average Bonchev–Trinajstić information content (AvgIpc) is 3.28. The maximum absolute atomic E-state index is 13.6. The molecule has 1 fully saturated rings. The Morgan fingerprint density at radius 3 is 2.59 bits per heavy atom. The zero-order valence-corrected chi connectivity index (χ0v) is 23.3. The van der Waals surface area contributed by atoms with Crippen LogP contribution in [-0.2, 0) is 29.6 Å². The Morgan fingerprint density at radius 1 is 1.27 bits per heavy atom. The Labute approximate surface area is 220 Å². The van der Waals surface area contributed by atoms with Gasteiger partial charge in [0.25, 0.3) is 7.82 Å². The molecular weight excluding hydrogens is 495 g/mol. The quantitative estimate of drug-likeness (QED) is 0.119. The number of rotatable bonds is 12. The number of carbonyl (C=O) groups is 1. The normalized spacial score (nSPS) is 22.8. The van der Waals surface area contributed by atoms with Gasteiger partial charge in [0, 0.05) is 18.6 Å². The van der Waals surface area contributed by atoms with Crippen LogP contribution in [0.4, 0.5) is 0 Å². The molecule has 206 valence electrons. The van der Waals surface area contributed by atoms with E-state index in [1.54, 1.807) is 12.1 Å². The molecule has 0 spiro atoms. The summed E-state index contributed by atoms with van der Waals surface area (Å²) in [5.41, 5.74) is 1.83. The minimum atomic E-state index is -4.80. The summed E-state index contributed by atoms with van der Waals surface area (Å²) < 4.78 is 33.6. The van der Waals surface area contributed by atoms with E-state index in [9.17, 15) is 19.4 Å². The molecule has 8 nitrogen and oxygen atoms in total. The molecule has 9 heteroatoms. The van der Waals surface area contributed by atoms with E-state index in [4.69, 9.17) is 18.5 Å². The molecule has 0 saturated heterocycles. The lowest BCUT2D eigenvalue weighted by atomic mass is 9.73. The number of aryl methyl sites for hydroxylation is 1. The summed E-state index contributed by atoms with van der Waals surface area (Å²) in [6.45, 7) is 10.1. The fraction of sp³-hybridized carbons (Fsp3) is 0.607. The highest BCUT2D eigenvalue weighted by molar-refractivity contribution is 7.46. The van der Waals surface area contributed by atoms with Crippen LogP contribution in [0.3, 0.4) is 0 Å². The van der Waals surface area contributed by atoms with Crippen LogP contribution in [0, 0.1) is 5.92 Å². The molecule has 3 atom stereocenters. The van der Waals surface area contributed by atoms with Gasteiger partial charge in [-0.05, 0) is 82.4 Å². The van der Waals surface area contributed by atoms with Crippen LogP contribution < -0.4 is 9.63 Å². The number of allylic oxidation sites excluding steroid dienone is 3. The number of phenols is 1. The van der Waals surface area contributed by atoms with Crippen LogP contribution in [0.2, 0.25) is 0 Å². The summed E-state index contributed by atoms with van der Waals surface area (Å²) >= 11 is 0. The monoisotopic (exact) mass is 535 g/mol. The third-order valence-corrected chi connectivity index (χ3v) is 8.31. The molecule has 2 aliphatic rings. The Bertz CT molecular complexity index is 1060. The molecule has 1 unspecified atom stereocenters. The standard InChI is InChI=1S/C28H41O8P/c1-6-9-21-17-24(29)26(23-16-20(4)10-11-22(23)19(2)3)25(18-21)35-27(30)28(12-7-8-13-28)36-37(31,32)34-15-14-33-5/h16-18,22-23,29H,2,6-15H2,1,3-5H3,(H,31,32)/p-1/t22-,23+/m0/s1. The zero-order valence-electron chi connectivity index (χ0n) is 22.4. The summed E-state index contributed by atoms with van der Waals surface area (Å²) in [6, 6.07) is 3.50. The zero-order chi connectivity index (χ0) is 27.2. The maximum Gasteiger partial charge on any atom is 0.344 e. The molecule has 1 aromatic rings. The van der Waals surface area contributed by atoms with E-state index in [-0.39, 0.29) is 49.4 Å². The predicted octanol–water partition coefficient (Wildman–Crippen LogP) is 5.73. The second kappa shape index (κ2) is 12.7. The number of carbonyl (C=O) groups excluding carboxylic acids is 1. The van der Waals surface area contributed by atoms with Crippen LogP contribution >= 0.6 is 7.82 Å². The third-order valence-electron chi connectivity index (χ3n) is 7.24. The van der Waals surface area contributed by atoms with Gasteiger partial charge < -0.3 is 24.0 Å². The van der Waals surface area contributed by atoms with Crippen LogP contribution in [0.1, 0.15) is 82.8 Å². The molecule has 0 amide bonds. The Morgan fingerprint density at radius 2 is 1.97 bits per heavy atom. The lowest BCUT2D eigenvalue weighted by Crippen LogP contribution is -2.42. The second-order valence-corrected chi connectivity index (χ2v) is 11.6. The fourth-order valence-corrected chi connectivity index (χ4v) is 6.41. The lowest BCUT2D eigenvalue weighted by Gasteiger charge is -2.35. The number of benzene rings is 1. The average molecular weight is 536 g/mol. The summed E-state index contributed by atoms with van der Waals surface area (Å²) in [6.07, 6.45) is 7.05. The van der Waals surface area contributed by atoms with Crippen LogP contribution in [-0.4, -0.2) is 37.0 Å². The van der Waals surface area contributed by atoms with Gasteiger partial charge in [-0.1, -0.05) is 37.1 Å². The third kappa shape index (κ3) is 7.33. The van der Waals surface area contributed by atoms with Gasteiger partial charge in [-0.15, -0.1) is 0 Å². The first-order chi connectivity index (χ1) is 17.5. The molecule has 1 saturated carbocycles. The van der Waals surface area contributed by atoms with Crippen molar-refractivity contribution in [2.75, 3.05) is 20.3 Å². The topological polar surface area (TPSA) is 114 Å². The van der Waals surface area contributed by atoms with Gasteiger partial charge in [-0.25, -0.2) is 4.79 Å². The Hall–Kier alpha value is -1.96. The maximum atomic E-state index is 13.6. The van der Waals surface area contributed by atoms with Crippen molar-refractivity contribution in [1.29, 1.82) is 0 Å². The van der Waals surface area contributed by atoms with Crippen molar-refractivity contribution < 1.29 is 37.9 Å². The second-order valence-electron chi connectivity index (χ2n) is 10.3. The van der Waals surface area contributed by atoms with Crippen molar-refractivity contribution in [3.05, 3.63) is 47.1 Å². The first-order valence-electron chi connectivity index (χ1n) is 13.1. The highest BCUT2D eigenvalue weighted by atomic mass is 31.2. The highest BCUT2D eigenvalue weighted by Gasteiger charge is 2.47. The molecule has 0 aliphatic heterocycles. The molecular formula is C28H40O8P-. The number of ether oxygens (including phenoxy) is 2. The van der Waals surface area contributed by atoms with Gasteiger partial charge in [0.15, 0.2) is 5.60 Å². The van der Waals surface area contributed by atoms with Crippen molar-refractivity contribution in [2.24, 2.45) is 5.92 Å². The van der Waals surface area contributed by atoms with Crippen molar-refractivity contribution in [3.8, 4) is 11.5 Å². The summed E-state index contributed by atoms with van der Waals surface area (Å²) in [7, 11) is -3.37. The van der Waals surface area contributed by atoms with Crippen molar-refractivity contribution in [1.82, 2.24) is 0 Å². The van der Waals surface area contributed by atoms with E-state index < -0.39 is 19.4 Å². The molecule has 2 aliphatic carbocycles. The van der Waals surface area contributed by atoms with Gasteiger partial charge in [0.05, 0.1) is 13.2 Å². The van der Waals surface area contributed by atoms with E-state index in [1.807, 2.05) is 20.8 Å². The minimum absolute atomic E-state index is 0.0507. The number of esters is 1. The number of hydrogen-bond donors (Lipinski definition) is 1. The first-order valence-corrected chi connectivity index (χ1v) is 14.5. The van der Waals surface area contributed by atoms with Gasteiger partial charge >= 0.3 is 5.97 Å². The van der Waals surface area contributed by atoms with Crippen LogP contribution in [0.5, 0.6) is 11.5 Å². The number of phenolic OH excluding ortho intramolecular Hbond substituents is 1. The molecule has 3 rings (SSSR count). The van der Waals surface area contributed by atoms with Crippen LogP contribution in [0.25, 0.3) is 0 Å². The summed E-state index contributed by atoms with van der Waals surface area (Å²) in [5.74, 6) is -0.680. The van der Waals surface area contributed by atoms with E-state index in [0.717, 1.165) is 30.4 Å². The van der Waals surface area contributed by atoms with Gasteiger partial charge in [0.1, 0.15) is 11.5 Å². The lowest BCUT2D eigenvalue weighted by molar-refractivity contribution is -0.238. The molecule has 0 heterocycles. The number of methoxy groups -OCH3 is 1. The number of aromatic hydroxyl groups is 1. The fourth-order valence-electron chi connectivity index (χ4n) is 5.37. The van der Waals surface area contributed by atoms with Crippen molar-refractivity contribution in [2.45, 2.75) is 83.7 Å². The molecule has 37 heavy (non-hydrogen) atoms. The van der Waals surface area contributed by atoms with E-state index in [2.05, 4.69) is 12.7 Å². The molecule has 0 radical (unpaired) electrons. The van der Waals surface area contributed by atoms with Gasteiger partial charge in [-0.3, -0.25) is 9.09 Å². The van der Waals surface area contributed by atoms with Crippen molar-refractivity contribution in [3.63, 3.8) is 0 Å². The summed E-state index contributed by atoms with van der Waals surface area (Å²) in [4.78, 5) is 26.2. The van der Waals surface area contributed by atoms with Crippen LogP contribution in [0.15, 0.2) is 35.9 Å². The van der Waals surface area contributed by atoms with E-state index in [1.165, 1.54) is 12.7 Å². The SMILES string of the molecule is C=C(C)[C@@H]1CCC(C)=C[C@H]1c1c(O)cc(CCC)cc1OC(=O)C1(OP(=O)([O-])OCCOC)CCCC1.